The number of amides is 3. The van der Waals surface area contributed by atoms with Crippen molar-refractivity contribution in [3.8, 4) is 0 Å². The van der Waals surface area contributed by atoms with Gasteiger partial charge in [-0.25, -0.2) is 4.79 Å². The molecular formula is C30H48N2O9. The molecule has 0 aliphatic carbocycles. The second-order valence-corrected chi connectivity index (χ2v) is 11.3. The van der Waals surface area contributed by atoms with Crippen LogP contribution in [0.4, 0.5) is 4.79 Å². The minimum Gasteiger partial charge on any atom is -0.412 e. The van der Waals surface area contributed by atoms with Gasteiger partial charge >= 0.3 is 6.09 Å². The summed E-state index contributed by atoms with van der Waals surface area (Å²) in [7, 11) is 0. The van der Waals surface area contributed by atoms with E-state index in [1.54, 1.807) is 17.9 Å². The smallest absolute Gasteiger partial charge is 0.412 e. The largest absolute Gasteiger partial charge is 0.415 e. The Balaban J connectivity index is 1.51. The maximum absolute atomic E-state index is 12.7. The molecule has 3 fully saturated rings. The van der Waals surface area contributed by atoms with Crippen LogP contribution in [-0.2, 0) is 23.8 Å². The highest BCUT2D eigenvalue weighted by Crippen LogP contribution is 2.31. The van der Waals surface area contributed by atoms with E-state index in [9.17, 15) is 29.7 Å². The number of aliphatic hydroxyl groups excluding tert-OH is 3. The summed E-state index contributed by atoms with van der Waals surface area (Å²) < 4.78 is 16.6. The minimum atomic E-state index is -1.52. The number of fused-ring (bicyclic) bond motifs is 1. The van der Waals surface area contributed by atoms with Crippen LogP contribution in [0.15, 0.2) is 24.0 Å². The predicted molar refractivity (Wildman–Crippen MR) is 150 cm³/mol. The Morgan fingerprint density at radius 3 is 2.44 bits per heavy atom. The molecule has 41 heavy (non-hydrogen) atoms. The number of ether oxygens (including phenoxy) is 3. The molecule has 0 aromatic rings. The van der Waals surface area contributed by atoms with Gasteiger partial charge in [0.25, 0.3) is 5.91 Å². The molecule has 11 heteroatoms. The molecule has 3 aliphatic heterocycles. The lowest BCUT2D eigenvalue weighted by Gasteiger charge is -2.39. The molecule has 4 N–H and O–H groups in total. The van der Waals surface area contributed by atoms with Crippen molar-refractivity contribution >= 4 is 17.9 Å². The third-order valence-electron chi connectivity index (χ3n) is 7.89. The average molecular weight is 581 g/mol. The molecule has 0 saturated carbocycles. The fraction of sp³-hybridized carbons (Fsp3) is 0.767. The number of carbonyl (C=O) groups is 3. The van der Waals surface area contributed by atoms with Gasteiger partial charge in [-0.3, -0.25) is 19.8 Å². The monoisotopic (exact) mass is 580 g/mol. The van der Waals surface area contributed by atoms with Crippen LogP contribution in [0.25, 0.3) is 0 Å². The van der Waals surface area contributed by atoms with Crippen molar-refractivity contribution in [1.82, 2.24) is 10.2 Å². The molecule has 11 nitrogen and oxygen atoms in total. The third kappa shape index (κ3) is 10.2. The van der Waals surface area contributed by atoms with Gasteiger partial charge in [0.2, 0.25) is 5.91 Å². The van der Waals surface area contributed by atoms with Crippen molar-refractivity contribution in [2.45, 2.75) is 140 Å². The number of aliphatic hydroxyl groups is 3. The van der Waals surface area contributed by atoms with Gasteiger partial charge in [-0.05, 0) is 32.6 Å². The lowest BCUT2D eigenvalue weighted by molar-refractivity contribution is -0.299. The molecule has 0 radical (unpaired) electrons. The van der Waals surface area contributed by atoms with E-state index in [2.05, 4.69) is 12.2 Å². The molecule has 3 saturated heterocycles. The number of carbonyl (C=O) groups excluding carboxylic acids is 3. The summed E-state index contributed by atoms with van der Waals surface area (Å²) in [5.41, 5.74) is 0. The zero-order valence-electron chi connectivity index (χ0n) is 24.4. The molecule has 3 aliphatic rings. The van der Waals surface area contributed by atoms with Gasteiger partial charge in [-0.1, -0.05) is 70.4 Å². The number of nitrogens with one attached hydrogen (secondary N) is 1. The summed E-state index contributed by atoms with van der Waals surface area (Å²) in [6.45, 7) is 4.33. The van der Waals surface area contributed by atoms with Gasteiger partial charge < -0.3 is 29.5 Å². The summed E-state index contributed by atoms with van der Waals surface area (Å²) in [5.74, 6) is -1.10. The third-order valence-corrected chi connectivity index (χ3v) is 7.89. The molecule has 0 spiro atoms. The first-order valence-electron chi connectivity index (χ1n) is 15.3. The molecule has 0 aromatic carbocycles. The first kappa shape index (κ1) is 33.2. The number of rotatable bonds is 16. The number of allylic oxidation sites excluding steroid dienone is 1. The number of imide groups is 1. The van der Waals surface area contributed by atoms with Crippen molar-refractivity contribution in [3.05, 3.63) is 24.0 Å². The number of hydrogen-bond donors (Lipinski definition) is 4. The zero-order valence-corrected chi connectivity index (χ0v) is 24.4. The Hall–Kier alpha value is -2.31. The van der Waals surface area contributed by atoms with Crippen LogP contribution >= 0.6 is 0 Å². The maximum atomic E-state index is 12.7. The maximum Gasteiger partial charge on any atom is 0.415 e. The van der Waals surface area contributed by atoms with E-state index >= 15 is 0 Å². The predicted octanol–water partition coefficient (Wildman–Crippen LogP) is 3.21. The first-order valence-corrected chi connectivity index (χ1v) is 15.3. The topological polar surface area (TPSA) is 155 Å². The molecule has 3 rings (SSSR count). The van der Waals surface area contributed by atoms with Gasteiger partial charge in [0.05, 0.1) is 24.7 Å². The standard InChI is InChI=1S/C30H48N2O9/c1-3-4-5-6-7-8-9-10-11-12-13-15-21(40-29-28(37)27(36)26(35)20(2)39-29)18-24(33)31-25(34)19-23-22-16-14-17-32(22)30(38)41-23/h13,15,19-22,26-29,35-37H,3-12,14,16-18H2,1-2H3,(H,31,33,34)/b15-13+,23-19+/t20-,21-,22+,26-,27+,28+,29-/m0/s1. The molecule has 3 heterocycles. The van der Waals surface area contributed by atoms with E-state index < -0.39 is 54.7 Å². The van der Waals surface area contributed by atoms with Crippen molar-refractivity contribution in [2.75, 3.05) is 6.54 Å². The molecule has 0 bridgehead atoms. The molecule has 0 unspecified atom stereocenters. The summed E-state index contributed by atoms with van der Waals surface area (Å²) >= 11 is 0. The molecular weight excluding hydrogens is 532 g/mol. The SMILES string of the molecule is CCCCCCCCCCC/C=C/[C@@H](CC(=O)NC(=O)/C=C1/OC(=O)N2CCC[C@H]12)O[C@@H]1O[C@@H](C)[C@H](O)[C@@H](O)[C@H]1O. The van der Waals surface area contributed by atoms with E-state index in [4.69, 9.17) is 14.2 Å². The van der Waals surface area contributed by atoms with Crippen molar-refractivity contribution < 1.29 is 43.9 Å². The number of hydrogen-bond acceptors (Lipinski definition) is 9. The Labute approximate surface area is 242 Å². The highest BCUT2D eigenvalue weighted by atomic mass is 16.7. The molecule has 7 atom stereocenters. The second kappa shape index (κ2) is 17.0. The quantitative estimate of drug-likeness (QED) is 0.122. The van der Waals surface area contributed by atoms with Crippen LogP contribution in [0.5, 0.6) is 0 Å². The zero-order chi connectivity index (χ0) is 29.8. The summed E-state index contributed by atoms with van der Waals surface area (Å²) in [4.78, 5) is 38.7. The van der Waals surface area contributed by atoms with Crippen molar-refractivity contribution in [1.29, 1.82) is 0 Å². The van der Waals surface area contributed by atoms with Crippen LogP contribution in [0.1, 0.15) is 97.3 Å². The number of unbranched alkanes of at least 4 members (excludes halogenated alkanes) is 9. The first-order chi connectivity index (χ1) is 19.7. The van der Waals surface area contributed by atoms with Gasteiger partial charge in [0, 0.05) is 12.6 Å². The highest BCUT2D eigenvalue weighted by molar-refractivity contribution is 6.01. The van der Waals surface area contributed by atoms with Crippen molar-refractivity contribution in [3.63, 3.8) is 0 Å². The van der Waals surface area contributed by atoms with E-state index in [0.717, 1.165) is 31.8 Å². The Morgan fingerprint density at radius 2 is 1.73 bits per heavy atom. The fourth-order valence-electron chi connectivity index (χ4n) is 5.45. The van der Waals surface area contributed by atoms with Crippen LogP contribution in [0.2, 0.25) is 0 Å². The van der Waals surface area contributed by atoms with Gasteiger partial charge in [-0.15, -0.1) is 0 Å². The minimum absolute atomic E-state index is 0.228. The van der Waals surface area contributed by atoms with Crippen LogP contribution in [0, 0.1) is 0 Å². The average Bonchev–Trinajstić information content (AvgIpc) is 3.53. The second-order valence-electron chi connectivity index (χ2n) is 11.3. The van der Waals surface area contributed by atoms with Crippen LogP contribution in [-0.4, -0.2) is 87.5 Å². The van der Waals surface area contributed by atoms with Crippen molar-refractivity contribution in [2.24, 2.45) is 0 Å². The lowest BCUT2D eigenvalue weighted by Crippen LogP contribution is -2.58. The van der Waals surface area contributed by atoms with Gasteiger partial charge in [-0.2, -0.15) is 0 Å². The molecule has 3 amide bonds. The summed E-state index contributed by atoms with van der Waals surface area (Å²) in [6, 6.07) is -0.280. The van der Waals surface area contributed by atoms with E-state index in [-0.39, 0.29) is 18.2 Å². The Morgan fingerprint density at radius 1 is 1.05 bits per heavy atom. The van der Waals surface area contributed by atoms with Crippen LogP contribution < -0.4 is 5.32 Å². The highest BCUT2D eigenvalue weighted by Gasteiger charge is 2.43. The summed E-state index contributed by atoms with van der Waals surface area (Å²) in [6.07, 6.45) is 9.97. The van der Waals surface area contributed by atoms with E-state index in [1.807, 2.05) is 6.08 Å². The molecule has 232 valence electrons. The van der Waals surface area contributed by atoms with Gasteiger partial charge in [0.15, 0.2) is 6.29 Å². The Kier molecular flexibility index (Phi) is 13.7. The van der Waals surface area contributed by atoms with Gasteiger partial charge in [0.1, 0.15) is 24.1 Å². The number of cyclic esters (lactones) is 1. The van der Waals surface area contributed by atoms with E-state index in [0.29, 0.717) is 13.0 Å². The lowest BCUT2D eigenvalue weighted by atomic mass is 10.00. The molecule has 0 aromatic heterocycles. The van der Waals surface area contributed by atoms with E-state index in [1.165, 1.54) is 44.9 Å². The van der Waals surface area contributed by atoms with Crippen LogP contribution in [0.3, 0.4) is 0 Å². The number of nitrogens with zero attached hydrogens (tertiary/aromatic N) is 1. The Bertz CT molecular complexity index is 924. The fourth-order valence-corrected chi connectivity index (χ4v) is 5.45. The normalized spacial score (nSPS) is 29.6. The summed E-state index contributed by atoms with van der Waals surface area (Å²) in [5, 5.41) is 32.8.